The summed E-state index contributed by atoms with van der Waals surface area (Å²) >= 11 is 0. The Balaban J connectivity index is 1.51. The van der Waals surface area contributed by atoms with Crippen LogP contribution in [0.3, 0.4) is 0 Å². The Morgan fingerprint density at radius 3 is 2.57 bits per heavy atom. The standard InChI is InChI=1S/C21H30O2/c1-2-23-21(22)15-18-4-3-5-20(14-18)19-12-10-17(11-13-19)9-8-16-6-7-16/h10-13,16,18,20H,2-9,14-15H2,1H3/t18-,20+/m1/s1. The highest BCUT2D eigenvalue weighted by Gasteiger charge is 2.25. The van der Waals surface area contributed by atoms with Gasteiger partial charge in [-0.1, -0.05) is 43.5 Å². The molecule has 0 aliphatic heterocycles. The van der Waals surface area contributed by atoms with Crippen LogP contribution in [0.2, 0.25) is 0 Å². The molecule has 2 saturated carbocycles. The summed E-state index contributed by atoms with van der Waals surface area (Å²) in [5.41, 5.74) is 2.95. The quantitative estimate of drug-likeness (QED) is 0.642. The zero-order valence-electron chi connectivity index (χ0n) is 14.4. The molecule has 2 atom stereocenters. The summed E-state index contributed by atoms with van der Waals surface area (Å²) in [5.74, 6) is 2.12. The van der Waals surface area contributed by atoms with E-state index in [2.05, 4.69) is 24.3 Å². The molecule has 0 unspecified atom stereocenters. The Morgan fingerprint density at radius 1 is 1.09 bits per heavy atom. The number of esters is 1. The first kappa shape index (κ1) is 16.5. The maximum atomic E-state index is 11.7. The summed E-state index contributed by atoms with van der Waals surface area (Å²) in [5, 5.41) is 0. The molecule has 1 aromatic rings. The van der Waals surface area contributed by atoms with E-state index in [0.717, 1.165) is 12.3 Å². The first-order chi connectivity index (χ1) is 11.2. The summed E-state index contributed by atoms with van der Waals surface area (Å²) in [6.45, 7) is 2.38. The van der Waals surface area contributed by atoms with Crippen molar-refractivity contribution in [3.05, 3.63) is 35.4 Å². The Hall–Kier alpha value is -1.31. The summed E-state index contributed by atoms with van der Waals surface area (Å²) < 4.78 is 5.11. The smallest absolute Gasteiger partial charge is 0.306 e. The van der Waals surface area contributed by atoms with Gasteiger partial charge in [0.1, 0.15) is 0 Å². The topological polar surface area (TPSA) is 26.3 Å². The minimum atomic E-state index is -0.0198. The van der Waals surface area contributed by atoms with Crippen LogP contribution >= 0.6 is 0 Å². The van der Waals surface area contributed by atoms with Gasteiger partial charge in [0.05, 0.1) is 6.61 Å². The second-order valence-electron chi connectivity index (χ2n) is 7.46. The molecule has 1 aromatic carbocycles. The van der Waals surface area contributed by atoms with Crippen molar-refractivity contribution in [3.8, 4) is 0 Å². The average Bonchev–Trinajstić information content (AvgIpc) is 3.38. The lowest BCUT2D eigenvalue weighted by Crippen LogP contribution is -2.18. The van der Waals surface area contributed by atoms with Crippen molar-refractivity contribution in [2.24, 2.45) is 11.8 Å². The normalized spacial score (nSPS) is 24.4. The Kier molecular flexibility index (Phi) is 5.75. The minimum Gasteiger partial charge on any atom is -0.466 e. The summed E-state index contributed by atoms with van der Waals surface area (Å²) in [6.07, 6.45) is 10.9. The van der Waals surface area contributed by atoms with Crippen LogP contribution in [0.5, 0.6) is 0 Å². The van der Waals surface area contributed by atoms with Crippen LogP contribution in [0, 0.1) is 11.8 Å². The van der Waals surface area contributed by atoms with Crippen LogP contribution in [0.15, 0.2) is 24.3 Å². The van der Waals surface area contributed by atoms with E-state index in [1.54, 1.807) is 0 Å². The van der Waals surface area contributed by atoms with E-state index in [-0.39, 0.29) is 5.97 Å². The van der Waals surface area contributed by atoms with Crippen LogP contribution in [-0.4, -0.2) is 12.6 Å². The van der Waals surface area contributed by atoms with Crippen LogP contribution < -0.4 is 0 Å². The van der Waals surface area contributed by atoms with Crippen molar-refractivity contribution in [1.82, 2.24) is 0 Å². The highest BCUT2D eigenvalue weighted by Crippen LogP contribution is 2.38. The third kappa shape index (κ3) is 5.09. The molecule has 0 bridgehead atoms. The number of carbonyl (C=O) groups is 1. The fraction of sp³-hybridized carbons (Fsp3) is 0.667. The average molecular weight is 314 g/mol. The number of benzene rings is 1. The SMILES string of the molecule is CCOC(=O)C[C@@H]1CCC[C@H](c2ccc(CCC3CC3)cc2)C1. The number of ether oxygens (including phenoxy) is 1. The van der Waals surface area contributed by atoms with E-state index >= 15 is 0 Å². The van der Waals surface area contributed by atoms with E-state index in [9.17, 15) is 4.79 Å². The maximum absolute atomic E-state index is 11.7. The lowest BCUT2D eigenvalue weighted by atomic mass is 9.76. The first-order valence-electron chi connectivity index (χ1n) is 9.49. The molecule has 23 heavy (non-hydrogen) atoms. The molecule has 2 aliphatic carbocycles. The van der Waals surface area contributed by atoms with E-state index in [0.29, 0.717) is 24.9 Å². The lowest BCUT2D eigenvalue weighted by molar-refractivity contribution is -0.144. The molecule has 2 nitrogen and oxygen atoms in total. The van der Waals surface area contributed by atoms with E-state index in [1.165, 1.54) is 56.1 Å². The van der Waals surface area contributed by atoms with Crippen LogP contribution in [0.4, 0.5) is 0 Å². The second kappa shape index (κ2) is 7.99. The van der Waals surface area contributed by atoms with Crippen LogP contribution in [0.1, 0.15) is 75.3 Å². The predicted molar refractivity (Wildman–Crippen MR) is 93.4 cm³/mol. The van der Waals surface area contributed by atoms with E-state index in [4.69, 9.17) is 4.74 Å². The van der Waals surface area contributed by atoms with Gasteiger partial charge in [-0.2, -0.15) is 0 Å². The van der Waals surface area contributed by atoms with Gasteiger partial charge in [0.25, 0.3) is 0 Å². The van der Waals surface area contributed by atoms with Gasteiger partial charge in [-0.3, -0.25) is 4.79 Å². The van der Waals surface area contributed by atoms with Crippen molar-refractivity contribution in [2.45, 2.75) is 70.6 Å². The minimum absolute atomic E-state index is 0.0198. The molecule has 2 aliphatic rings. The predicted octanol–water partition coefficient (Wildman–Crippen LogP) is 5.26. The van der Waals surface area contributed by atoms with Gasteiger partial charge in [0.15, 0.2) is 0 Å². The van der Waals surface area contributed by atoms with Gasteiger partial charge in [-0.25, -0.2) is 0 Å². The highest BCUT2D eigenvalue weighted by atomic mass is 16.5. The summed E-state index contributed by atoms with van der Waals surface area (Å²) in [7, 11) is 0. The van der Waals surface area contributed by atoms with E-state index < -0.39 is 0 Å². The fourth-order valence-electron chi connectivity index (χ4n) is 3.97. The Morgan fingerprint density at radius 2 is 1.87 bits per heavy atom. The Labute approximate surface area is 140 Å². The molecule has 0 aromatic heterocycles. The molecule has 0 heterocycles. The third-order valence-electron chi connectivity index (χ3n) is 5.53. The summed E-state index contributed by atoms with van der Waals surface area (Å²) in [4.78, 5) is 11.7. The first-order valence-corrected chi connectivity index (χ1v) is 9.49. The maximum Gasteiger partial charge on any atom is 0.306 e. The third-order valence-corrected chi connectivity index (χ3v) is 5.53. The van der Waals surface area contributed by atoms with Crippen LogP contribution in [-0.2, 0) is 16.0 Å². The largest absolute Gasteiger partial charge is 0.466 e. The number of aryl methyl sites for hydroxylation is 1. The number of carbonyl (C=O) groups excluding carboxylic acids is 1. The van der Waals surface area contributed by atoms with Gasteiger partial charge < -0.3 is 4.74 Å². The van der Waals surface area contributed by atoms with Crippen molar-refractivity contribution in [2.75, 3.05) is 6.61 Å². The van der Waals surface area contributed by atoms with Gasteiger partial charge in [-0.05, 0) is 67.9 Å². The second-order valence-corrected chi connectivity index (χ2v) is 7.46. The van der Waals surface area contributed by atoms with Gasteiger partial charge in [0, 0.05) is 6.42 Å². The molecular weight excluding hydrogens is 284 g/mol. The molecule has 0 radical (unpaired) electrons. The molecule has 0 amide bonds. The van der Waals surface area contributed by atoms with Gasteiger partial charge in [0.2, 0.25) is 0 Å². The molecule has 0 spiro atoms. The van der Waals surface area contributed by atoms with Crippen molar-refractivity contribution in [3.63, 3.8) is 0 Å². The molecular formula is C21H30O2. The van der Waals surface area contributed by atoms with Crippen molar-refractivity contribution in [1.29, 1.82) is 0 Å². The number of hydrogen-bond donors (Lipinski definition) is 0. The molecule has 2 heteroatoms. The molecule has 0 saturated heterocycles. The number of hydrogen-bond acceptors (Lipinski definition) is 2. The highest BCUT2D eigenvalue weighted by molar-refractivity contribution is 5.69. The monoisotopic (exact) mass is 314 g/mol. The zero-order valence-corrected chi connectivity index (χ0v) is 14.4. The lowest BCUT2D eigenvalue weighted by Gasteiger charge is -2.29. The molecule has 2 fully saturated rings. The van der Waals surface area contributed by atoms with E-state index in [1.807, 2.05) is 6.92 Å². The summed E-state index contributed by atoms with van der Waals surface area (Å²) in [6, 6.07) is 9.32. The fourth-order valence-corrected chi connectivity index (χ4v) is 3.97. The van der Waals surface area contributed by atoms with Crippen molar-refractivity contribution < 1.29 is 9.53 Å². The Bertz CT molecular complexity index is 501. The molecule has 126 valence electrons. The van der Waals surface area contributed by atoms with Gasteiger partial charge in [-0.15, -0.1) is 0 Å². The molecule has 3 rings (SSSR count). The molecule has 0 N–H and O–H groups in total. The zero-order chi connectivity index (χ0) is 16.1. The number of rotatable bonds is 7. The van der Waals surface area contributed by atoms with Crippen LogP contribution in [0.25, 0.3) is 0 Å². The van der Waals surface area contributed by atoms with Crippen molar-refractivity contribution >= 4 is 5.97 Å². The van der Waals surface area contributed by atoms with Gasteiger partial charge >= 0.3 is 5.97 Å².